The third-order valence-corrected chi connectivity index (χ3v) is 6.41. The standard InChI is InChI=1S/C23H25N3O3S/c1-16(21(27)25-14-8-3-9-15-25)30-23-24-18-11-5-4-10-17(18)22(28)26(23)19-12-6-7-13-20(19)29-2/h4-7,10-13,16H,3,8-9,14-15H2,1-2H3/t16-/m0/s1. The van der Waals surface area contributed by atoms with E-state index >= 15 is 0 Å². The number of hydrogen-bond donors (Lipinski definition) is 0. The fourth-order valence-electron chi connectivity index (χ4n) is 3.80. The number of para-hydroxylation sites is 3. The Morgan fingerprint density at radius 2 is 1.77 bits per heavy atom. The number of nitrogens with zero attached hydrogens (tertiary/aromatic N) is 3. The molecule has 1 saturated heterocycles. The number of thioether (sulfide) groups is 1. The topological polar surface area (TPSA) is 64.4 Å². The number of aromatic nitrogens is 2. The highest BCUT2D eigenvalue weighted by molar-refractivity contribution is 8.00. The third-order valence-electron chi connectivity index (χ3n) is 5.37. The average molecular weight is 424 g/mol. The summed E-state index contributed by atoms with van der Waals surface area (Å²) in [5.74, 6) is 0.669. The van der Waals surface area contributed by atoms with Gasteiger partial charge in [0.25, 0.3) is 5.56 Å². The van der Waals surface area contributed by atoms with Gasteiger partial charge in [-0.1, -0.05) is 36.0 Å². The van der Waals surface area contributed by atoms with E-state index in [4.69, 9.17) is 9.72 Å². The molecule has 0 aliphatic carbocycles. The molecule has 7 heteroatoms. The summed E-state index contributed by atoms with van der Waals surface area (Å²) in [5.41, 5.74) is 1.06. The van der Waals surface area contributed by atoms with Gasteiger partial charge in [0.15, 0.2) is 5.16 Å². The summed E-state index contributed by atoms with van der Waals surface area (Å²) < 4.78 is 7.06. The van der Waals surface area contributed by atoms with Crippen molar-refractivity contribution in [3.63, 3.8) is 0 Å². The van der Waals surface area contributed by atoms with Crippen LogP contribution in [0.15, 0.2) is 58.5 Å². The maximum atomic E-state index is 13.4. The van der Waals surface area contributed by atoms with Crippen LogP contribution < -0.4 is 10.3 Å². The molecule has 1 amide bonds. The van der Waals surface area contributed by atoms with E-state index in [9.17, 15) is 9.59 Å². The second-order valence-corrected chi connectivity index (χ2v) is 8.68. The van der Waals surface area contributed by atoms with E-state index in [1.54, 1.807) is 17.7 Å². The molecule has 6 nitrogen and oxygen atoms in total. The highest BCUT2D eigenvalue weighted by Gasteiger charge is 2.26. The zero-order valence-corrected chi connectivity index (χ0v) is 18.0. The molecule has 1 aliphatic heterocycles. The number of fused-ring (bicyclic) bond motifs is 1. The Balaban J connectivity index is 1.80. The number of ether oxygens (including phenoxy) is 1. The summed E-state index contributed by atoms with van der Waals surface area (Å²) in [6, 6.07) is 14.6. The quantitative estimate of drug-likeness (QED) is 0.460. The van der Waals surface area contributed by atoms with Gasteiger partial charge in [-0.15, -0.1) is 0 Å². The summed E-state index contributed by atoms with van der Waals surface area (Å²) in [5, 5.41) is 0.668. The van der Waals surface area contributed by atoms with Crippen LogP contribution in [0, 0.1) is 0 Å². The number of rotatable bonds is 5. The molecule has 1 atom stereocenters. The fourth-order valence-corrected chi connectivity index (χ4v) is 4.80. The van der Waals surface area contributed by atoms with Crippen molar-refractivity contribution < 1.29 is 9.53 Å². The van der Waals surface area contributed by atoms with Crippen LogP contribution in [-0.2, 0) is 4.79 Å². The number of carbonyl (C=O) groups excluding carboxylic acids is 1. The Bertz CT molecular complexity index is 1120. The van der Waals surface area contributed by atoms with Gasteiger partial charge in [0.2, 0.25) is 5.91 Å². The second-order valence-electron chi connectivity index (χ2n) is 7.37. The van der Waals surface area contributed by atoms with Crippen molar-refractivity contribution in [3.8, 4) is 11.4 Å². The Morgan fingerprint density at radius 1 is 1.07 bits per heavy atom. The summed E-state index contributed by atoms with van der Waals surface area (Å²) in [6.45, 7) is 3.48. The van der Waals surface area contributed by atoms with Gasteiger partial charge in [-0.3, -0.25) is 14.2 Å². The third kappa shape index (κ3) is 3.94. The Hall–Kier alpha value is -2.80. The molecule has 1 aliphatic rings. The summed E-state index contributed by atoms with van der Waals surface area (Å²) in [6.07, 6.45) is 3.26. The smallest absolute Gasteiger partial charge is 0.266 e. The molecule has 0 saturated carbocycles. The van der Waals surface area contributed by atoms with Gasteiger partial charge >= 0.3 is 0 Å². The van der Waals surface area contributed by atoms with Gasteiger partial charge in [0.1, 0.15) is 5.75 Å². The van der Waals surface area contributed by atoms with Crippen molar-refractivity contribution in [2.24, 2.45) is 0 Å². The largest absolute Gasteiger partial charge is 0.495 e. The van der Waals surface area contributed by atoms with Gasteiger partial charge in [-0.2, -0.15) is 0 Å². The SMILES string of the molecule is COc1ccccc1-n1c(S[C@@H](C)C(=O)N2CCCCC2)nc2ccccc2c1=O. The molecule has 0 N–H and O–H groups in total. The van der Waals surface area contributed by atoms with Crippen LogP contribution in [0.4, 0.5) is 0 Å². The van der Waals surface area contributed by atoms with Crippen LogP contribution in [0.3, 0.4) is 0 Å². The number of benzene rings is 2. The van der Waals surface area contributed by atoms with E-state index in [0.717, 1.165) is 25.9 Å². The van der Waals surface area contributed by atoms with Gasteiger partial charge in [-0.05, 0) is 50.5 Å². The maximum Gasteiger partial charge on any atom is 0.266 e. The van der Waals surface area contributed by atoms with Crippen molar-refractivity contribution in [3.05, 3.63) is 58.9 Å². The first kappa shape index (κ1) is 20.5. The second kappa shape index (κ2) is 8.92. The van der Waals surface area contributed by atoms with Crippen LogP contribution in [0.2, 0.25) is 0 Å². The Morgan fingerprint density at radius 3 is 2.53 bits per heavy atom. The molecule has 2 heterocycles. The molecule has 4 rings (SSSR count). The fraction of sp³-hybridized carbons (Fsp3) is 0.348. The van der Waals surface area contributed by atoms with E-state index in [1.807, 2.05) is 54.3 Å². The molecule has 0 bridgehead atoms. The molecular formula is C23H25N3O3S. The minimum absolute atomic E-state index is 0.0914. The van der Waals surface area contributed by atoms with Crippen LogP contribution in [0.1, 0.15) is 26.2 Å². The molecular weight excluding hydrogens is 398 g/mol. The number of carbonyl (C=O) groups is 1. The minimum atomic E-state index is -0.350. The maximum absolute atomic E-state index is 13.4. The Labute approximate surface area is 179 Å². The predicted octanol–water partition coefficient (Wildman–Crippen LogP) is 3.89. The van der Waals surface area contributed by atoms with Crippen molar-refractivity contribution in [1.82, 2.24) is 14.5 Å². The van der Waals surface area contributed by atoms with Gasteiger partial charge in [0.05, 0.1) is 29.0 Å². The molecule has 1 aromatic heterocycles. The number of likely N-dealkylation sites (tertiary alicyclic amines) is 1. The molecule has 3 aromatic rings. The van der Waals surface area contributed by atoms with E-state index in [1.165, 1.54) is 18.2 Å². The van der Waals surface area contributed by atoms with Crippen molar-refractivity contribution in [2.45, 2.75) is 36.6 Å². The first-order valence-electron chi connectivity index (χ1n) is 10.2. The lowest BCUT2D eigenvalue weighted by atomic mass is 10.1. The highest BCUT2D eigenvalue weighted by Crippen LogP contribution is 2.30. The van der Waals surface area contributed by atoms with Crippen molar-refractivity contribution in [1.29, 1.82) is 0 Å². The lowest BCUT2D eigenvalue weighted by Crippen LogP contribution is -2.40. The lowest BCUT2D eigenvalue weighted by molar-refractivity contribution is -0.131. The van der Waals surface area contributed by atoms with Crippen molar-refractivity contribution >= 4 is 28.6 Å². The van der Waals surface area contributed by atoms with Crippen LogP contribution in [0.25, 0.3) is 16.6 Å². The van der Waals surface area contributed by atoms with E-state index < -0.39 is 0 Å². The summed E-state index contributed by atoms with van der Waals surface area (Å²) in [4.78, 5) is 33.1. The first-order valence-corrected chi connectivity index (χ1v) is 11.1. The average Bonchev–Trinajstić information content (AvgIpc) is 2.79. The molecule has 0 spiro atoms. The van der Waals surface area contributed by atoms with Crippen LogP contribution in [-0.4, -0.2) is 45.8 Å². The van der Waals surface area contributed by atoms with Crippen molar-refractivity contribution in [2.75, 3.05) is 20.2 Å². The number of hydrogen-bond acceptors (Lipinski definition) is 5. The van der Waals surface area contributed by atoms with E-state index in [0.29, 0.717) is 27.5 Å². The first-order chi connectivity index (χ1) is 14.6. The lowest BCUT2D eigenvalue weighted by Gasteiger charge is -2.29. The number of amides is 1. The van der Waals surface area contributed by atoms with E-state index in [-0.39, 0.29) is 16.7 Å². The predicted molar refractivity (Wildman–Crippen MR) is 120 cm³/mol. The van der Waals surface area contributed by atoms with Crippen LogP contribution in [0.5, 0.6) is 5.75 Å². The summed E-state index contributed by atoms with van der Waals surface area (Å²) >= 11 is 1.32. The van der Waals surface area contributed by atoms with Gasteiger partial charge < -0.3 is 9.64 Å². The van der Waals surface area contributed by atoms with Crippen LogP contribution >= 0.6 is 11.8 Å². The zero-order valence-electron chi connectivity index (χ0n) is 17.2. The number of piperidine rings is 1. The van der Waals surface area contributed by atoms with Gasteiger partial charge in [-0.25, -0.2) is 4.98 Å². The normalized spacial score (nSPS) is 15.2. The summed E-state index contributed by atoms with van der Waals surface area (Å²) in [7, 11) is 1.58. The highest BCUT2D eigenvalue weighted by atomic mass is 32.2. The molecule has 0 unspecified atom stereocenters. The Kier molecular flexibility index (Phi) is 6.08. The monoisotopic (exact) mass is 423 g/mol. The number of methoxy groups -OCH3 is 1. The zero-order chi connectivity index (χ0) is 21.1. The molecule has 30 heavy (non-hydrogen) atoms. The minimum Gasteiger partial charge on any atom is -0.495 e. The molecule has 2 aromatic carbocycles. The molecule has 1 fully saturated rings. The van der Waals surface area contributed by atoms with Gasteiger partial charge in [0, 0.05) is 13.1 Å². The molecule has 156 valence electrons. The van der Waals surface area contributed by atoms with E-state index in [2.05, 4.69) is 0 Å². The molecule has 0 radical (unpaired) electrons.